The third kappa shape index (κ3) is 4.48. The Morgan fingerprint density at radius 3 is 2.50 bits per heavy atom. The molecule has 5 nitrogen and oxygen atoms in total. The lowest BCUT2D eigenvalue weighted by molar-refractivity contribution is -0.0335. The van der Waals surface area contributed by atoms with Crippen molar-refractivity contribution in [3.63, 3.8) is 0 Å². The zero-order valence-electron chi connectivity index (χ0n) is 12.1. The van der Waals surface area contributed by atoms with Crippen molar-refractivity contribution in [1.29, 1.82) is 0 Å². The number of ether oxygens (including phenoxy) is 1. The molecule has 5 heteroatoms. The molecule has 18 heavy (non-hydrogen) atoms. The molecule has 0 aromatic rings. The number of methoxy groups -OCH3 is 1. The van der Waals surface area contributed by atoms with Crippen molar-refractivity contribution in [2.75, 3.05) is 46.5 Å². The average molecular weight is 260 g/mol. The molecule has 2 atom stereocenters. The predicted octanol–water partition coefficient (Wildman–Crippen LogP) is -0.229. The van der Waals surface area contributed by atoms with Gasteiger partial charge in [0, 0.05) is 44.9 Å². The molecule has 0 unspecified atom stereocenters. The highest BCUT2D eigenvalue weighted by Crippen LogP contribution is 2.20. The molecule has 1 rings (SSSR count). The normalized spacial score (nSPS) is 25.3. The van der Waals surface area contributed by atoms with E-state index >= 15 is 0 Å². The van der Waals surface area contributed by atoms with Crippen LogP contribution in [0.3, 0.4) is 0 Å². The maximum Gasteiger partial charge on any atom is 0.0900 e. The lowest BCUT2D eigenvalue weighted by atomic mass is 10.0. The monoisotopic (exact) mass is 260 g/mol. The summed E-state index contributed by atoms with van der Waals surface area (Å²) in [6.07, 6.45) is -0.449. The Morgan fingerprint density at radius 1 is 1.33 bits per heavy atom. The van der Waals surface area contributed by atoms with Crippen LogP contribution >= 0.6 is 0 Å². The number of β-amino-alcohol motifs (C(OH)–C–C–N with tert-alkyl or cyclic N) is 1. The minimum Gasteiger partial charge on any atom is -0.395 e. The van der Waals surface area contributed by atoms with Gasteiger partial charge in [0.15, 0.2) is 0 Å². The van der Waals surface area contributed by atoms with Gasteiger partial charge in [0.2, 0.25) is 0 Å². The number of aliphatic hydroxyl groups is 2. The van der Waals surface area contributed by atoms with Crippen LogP contribution in [0, 0.1) is 0 Å². The van der Waals surface area contributed by atoms with Gasteiger partial charge in [-0.3, -0.25) is 9.80 Å². The van der Waals surface area contributed by atoms with Crippen LogP contribution in [0.5, 0.6) is 0 Å². The molecule has 0 aromatic carbocycles. The quantitative estimate of drug-likeness (QED) is 0.715. The molecule has 0 radical (unpaired) electrons. The van der Waals surface area contributed by atoms with Crippen molar-refractivity contribution < 1.29 is 14.9 Å². The fourth-order valence-electron chi connectivity index (χ4n) is 2.67. The summed E-state index contributed by atoms with van der Waals surface area (Å²) in [6, 6.07) is 0.147. The molecule has 0 amide bonds. The van der Waals surface area contributed by atoms with Crippen LogP contribution in [-0.2, 0) is 4.74 Å². The Bertz CT molecular complexity index is 243. The van der Waals surface area contributed by atoms with Crippen LogP contribution in [0.2, 0.25) is 0 Å². The Balaban J connectivity index is 2.51. The lowest BCUT2D eigenvalue weighted by Gasteiger charge is -2.47. The van der Waals surface area contributed by atoms with E-state index in [4.69, 9.17) is 4.74 Å². The summed E-state index contributed by atoms with van der Waals surface area (Å²) in [6.45, 7) is 10.3. The van der Waals surface area contributed by atoms with E-state index in [0.717, 1.165) is 19.6 Å². The number of hydrogen-bond acceptors (Lipinski definition) is 5. The second-order valence-electron chi connectivity index (χ2n) is 6.07. The summed E-state index contributed by atoms with van der Waals surface area (Å²) in [5.74, 6) is 0. The van der Waals surface area contributed by atoms with Gasteiger partial charge in [0.1, 0.15) is 0 Å². The fourth-order valence-corrected chi connectivity index (χ4v) is 2.67. The van der Waals surface area contributed by atoms with Crippen molar-refractivity contribution in [3.05, 3.63) is 0 Å². The highest BCUT2D eigenvalue weighted by molar-refractivity contribution is 4.89. The molecule has 108 valence electrons. The predicted molar refractivity (Wildman–Crippen MR) is 71.7 cm³/mol. The minimum absolute atomic E-state index is 0.0740. The van der Waals surface area contributed by atoms with Gasteiger partial charge in [0.05, 0.1) is 19.3 Å². The summed E-state index contributed by atoms with van der Waals surface area (Å²) in [5.41, 5.74) is 0.0740. The van der Waals surface area contributed by atoms with Crippen molar-refractivity contribution in [2.24, 2.45) is 0 Å². The molecule has 1 aliphatic heterocycles. The van der Waals surface area contributed by atoms with Crippen LogP contribution in [-0.4, -0.2) is 84.2 Å². The van der Waals surface area contributed by atoms with E-state index in [1.165, 1.54) is 0 Å². The number of hydrogen-bond donors (Lipinski definition) is 2. The summed E-state index contributed by atoms with van der Waals surface area (Å²) in [4.78, 5) is 4.54. The van der Waals surface area contributed by atoms with E-state index in [9.17, 15) is 10.2 Å². The maximum absolute atomic E-state index is 9.74. The summed E-state index contributed by atoms with van der Waals surface area (Å²) < 4.78 is 4.94. The van der Waals surface area contributed by atoms with Gasteiger partial charge in [0.25, 0.3) is 0 Å². The number of nitrogens with zero attached hydrogens (tertiary/aromatic N) is 2. The zero-order chi connectivity index (χ0) is 13.8. The van der Waals surface area contributed by atoms with Crippen LogP contribution in [0.1, 0.15) is 20.8 Å². The molecule has 0 spiro atoms. The molecule has 0 saturated carbocycles. The Labute approximate surface area is 110 Å². The van der Waals surface area contributed by atoms with E-state index in [1.807, 2.05) is 0 Å². The molecule has 0 aromatic heterocycles. The highest BCUT2D eigenvalue weighted by atomic mass is 16.5. The number of aliphatic hydroxyl groups excluding tert-OH is 2. The van der Waals surface area contributed by atoms with Gasteiger partial charge in [-0.2, -0.15) is 0 Å². The van der Waals surface area contributed by atoms with Gasteiger partial charge in [-0.15, -0.1) is 0 Å². The average Bonchev–Trinajstić information content (AvgIpc) is 2.27. The molecule has 1 heterocycles. The zero-order valence-corrected chi connectivity index (χ0v) is 12.1. The molecular weight excluding hydrogens is 232 g/mol. The van der Waals surface area contributed by atoms with Gasteiger partial charge in [-0.1, -0.05) is 0 Å². The van der Waals surface area contributed by atoms with E-state index < -0.39 is 6.10 Å². The van der Waals surface area contributed by atoms with E-state index in [-0.39, 0.29) is 18.2 Å². The van der Waals surface area contributed by atoms with Crippen LogP contribution < -0.4 is 0 Å². The second-order valence-corrected chi connectivity index (χ2v) is 6.07. The van der Waals surface area contributed by atoms with Gasteiger partial charge < -0.3 is 14.9 Å². The topological polar surface area (TPSA) is 56.2 Å². The summed E-state index contributed by atoms with van der Waals surface area (Å²) >= 11 is 0. The maximum atomic E-state index is 9.74. The van der Waals surface area contributed by atoms with Crippen LogP contribution in [0.15, 0.2) is 0 Å². The van der Waals surface area contributed by atoms with Gasteiger partial charge >= 0.3 is 0 Å². The third-order valence-corrected chi connectivity index (χ3v) is 3.47. The highest BCUT2D eigenvalue weighted by Gasteiger charge is 2.33. The Kier molecular flexibility index (Phi) is 6.01. The first-order chi connectivity index (χ1) is 8.38. The van der Waals surface area contributed by atoms with Crippen molar-refractivity contribution in [3.8, 4) is 0 Å². The molecule has 0 aliphatic carbocycles. The number of rotatable bonds is 5. The first-order valence-electron chi connectivity index (χ1n) is 6.65. The van der Waals surface area contributed by atoms with E-state index in [2.05, 4.69) is 30.6 Å². The fraction of sp³-hybridized carbons (Fsp3) is 1.00. The second kappa shape index (κ2) is 6.82. The number of piperazine rings is 1. The molecule has 1 fully saturated rings. The summed E-state index contributed by atoms with van der Waals surface area (Å²) in [7, 11) is 1.59. The molecule has 1 saturated heterocycles. The lowest BCUT2D eigenvalue weighted by Crippen LogP contribution is -2.61. The van der Waals surface area contributed by atoms with E-state index in [1.54, 1.807) is 7.11 Å². The molecule has 2 N–H and O–H groups in total. The standard InChI is InChI=1S/C13H28N2O3/c1-13(2,3)15-6-5-14(7-11(15)9-16)8-12(17)10-18-4/h11-12,16-17H,5-10H2,1-4H3/t11-,12-/m0/s1. The van der Waals surface area contributed by atoms with Gasteiger partial charge in [-0.05, 0) is 20.8 Å². The van der Waals surface area contributed by atoms with Crippen molar-refractivity contribution in [2.45, 2.75) is 38.5 Å². The Morgan fingerprint density at radius 2 is 2.00 bits per heavy atom. The van der Waals surface area contributed by atoms with Crippen molar-refractivity contribution >= 4 is 0 Å². The molecule has 1 aliphatic rings. The first-order valence-corrected chi connectivity index (χ1v) is 6.65. The Hall–Kier alpha value is -0.200. The summed E-state index contributed by atoms with van der Waals surface area (Å²) in [5, 5.41) is 19.3. The van der Waals surface area contributed by atoms with E-state index in [0.29, 0.717) is 13.2 Å². The van der Waals surface area contributed by atoms with Gasteiger partial charge in [-0.25, -0.2) is 0 Å². The smallest absolute Gasteiger partial charge is 0.0900 e. The van der Waals surface area contributed by atoms with Crippen LogP contribution in [0.4, 0.5) is 0 Å². The molecule has 0 bridgehead atoms. The molecular formula is C13H28N2O3. The van der Waals surface area contributed by atoms with Crippen molar-refractivity contribution in [1.82, 2.24) is 9.80 Å². The SMILES string of the molecule is COC[C@@H](O)CN1CCN(C(C)(C)C)[C@H](CO)C1. The minimum atomic E-state index is -0.449. The largest absolute Gasteiger partial charge is 0.395 e. The first kappa shape index (κ1) is 15.9. The van der Waals surface area contributed by atoms with Crippen LogP contribution in [0.25, 0.3) is 0 Å². The third-order valence-electron chi connectivity index (χ3n) is 3.47.